The number of allylic oxidation sites excluding steroid dienone is 2. The van der Waals surface area contributed by atoms with Crippen molar-refractivity contribution >= 4 is 5.78 Å². The Labute approximate surface area is 98.3 Å². The van der Waals surface area contributed by atoms with Crippen LogP contribution in [0.3, 0.4) is 0 Å². The van der Waals surface area contributed by atoms with Crippen LogP contribution in [0.5, 0.6) is 0 Å². The van der Waals surface area contributed by atoms with Gasteiger partial charge in [0.05, 0.1) is 0 Å². The minimum atomic E-state index is 0.233. The molecule has 16 heavy (non-hydrogen) atoms. The Balaban J connectivity index is 2.24. The molecule has 1 heteroatoms. The van der Waals surface area contributed by atoms with E-state index in [1.54, 1.807) is 0 Å². The number of hydrogen-bond acceptors (Lipinski definition) is 1. The Kier molecular flexibility index (Phi) is 1.85. The average molecular weight is 218 g/mol. The molecular weight excluding hydrogens is 196 g/mol. The fourth-order valence-electron chi connectivity index (χ4n) is 5.08. The van der Waals surface area contributed by atoms with Crippen molar-refractivity contribution in [3.8, 4) is 0 Å². The lowest BCUT2D eigenvalue weighted by Crippen LogP contribution is -2.45. The highest BCUT2D eigenvalue weighted by molar-refractivity contribution is 6.00. The van der Waals surface area contributed by atoms with Gasteiger partial charge in [-0.2, -0.15) is 0 Å². The second-order valence-electron chi connectivity index (χ2n) is 6.78. The van der Waals surface area contributed by atoms with E-state index in [2.05, 4.69) is 27.7 Å². The summed E-state index contributed by atoms with van der Waals surface area (Å²) in [6.45, 7) is 9.25. The van der Waals surface area contributed by atoms with Gasteiger partial charge < -0.3 is 0 Å². The van der Waals surface area contributed by atoms with E-state index in [1.165, 1.54) is 24.8 Å². The minimum absolute atomic E-state index is 0.233. The molecule has 0 heterocycles. The van der Waals surface area contributed by atoms with Gasteiger partial charge in [0.1, 0.15) is 0 Å². The van der Waals surface area contributed by atoms with Crippen LogP contribution in [0.15, 0.2) is 11.1 Å². The normalized spacial score (nSPS) is 45.1. The molecule has 1 nitrogen and oxygen atoms in total. The lowest BCUT2D eigenvalue weighted by molar-refractivity contribution is -0.119. The van der Waals surface area contributed by atoms with E-state index in [9.17, 15) is 4.79 Å². The lowest BCUT2D eigenvalue weighted by atomic mass is 9.53. The fourth-order valence-corrected chi connectivity index (χ4v) is 5.08. The first-order valence-corrected chi connectivity index (χ1v) is 6.64. The van der Waals surface area contributed by atoms with Gasteiger partial charge in [-0.05, 0) is 49.0 Å². The van der Waals surface area contributed by atoms with Gasteiger partial charge in [0, 0.05) is 11.8 Å². The van der Waals surface area contributed by atoms with Gasteiger partial charge in [-0.25, -0.2) is 0 Å². The van der Waals surface area contributed by atoms with Gasteiger partial charge in [-0.3, -0.25) is 4.79 Å². The largest absolute Gasteiger partial charge is 0.295 e. The van der Waals surface area contributed by atoms with Crippen LogP contribution in [-0.4, -0.2) is 5.78 Å². The SMILES string of the molecule is CC1=C2C[C@@H]3CC[C@@H](C)[C@]2(CC1=O)C3(C)C. The minimum Gasteiger partial charge on any atom is -0.295 e. The first-order valence-electron chi connectivity index (χ1n) is 6.64. The Bertz CT molecular complexity index is 402. The Morgan fingerprint density at radius 1 is 1.25 bits per heavy atom. The zero-order valence-corrected chi connectivity index (χ0v) is 10.9. The molecule has 0 radical (unpaired) electrons. The molecular formula is C15H22O. The summed E-state index contributed by atoms with van der Waals surface area (Å²) >= 11 is 0. The molecule has 2 bridgehead atoms. The Hall–Kier alpha value is -0.590. The molecule has 0 aromatic heterocycles. The van der Waals surface area contributed by atoms with E-state index in [4.69, 9.17) is 0 Å². The summed E-state index contributed by atoms with van der Waals surface area (Å²) in [6.07, 6.45) is 4.69. The number of carbonyl (C=O) groups excluding carboxylic acids is 1. The molecule has 0 aliphatic heterocycles. The standard InChI is InChI=1S/C15H22O/c1-9-5-6-11-7-12-10(2)13(16)8-15(9,12)14(11,3)4/h9,11H,5-8H2,1-4H3/t9-,11+,15+/m1/s1. The second kappa shape index (κ2) is 2.80. The summed E-state index contributed by atoms with van der Waals surface area (Å²) in [5, 5.41) is 0. The van der Waals surface area contributed by atoms with Gasteiger partial charge in [0.25, 0.3) is 0 Å². The average Bonchev–Trinajstić information content (AvgIpc) is 2.50. The molecule has 0 amide bonds. The summed E-state index contributed by atoms with van der Waals surface area (Å²) in [5.41, 5.74) is 3.23. The van der Waals surface area contributed by atoms with E-state index >= 15 is 0 Å². The van der Waals surface area contributed by atoms with Crippen LogP contribution in [0.1, 0.15) is 53.4 Å². The molecule has 0 unspecified atom stereocenters. The maximum Gasteiger partial charge on any atom is 0.159 e. The third-order valence-electron chi connectivity index (χ3n) is 6.26. The van der Waals surface area contributed by atoms with Crippen molar-refractivity contribution in [2.45, 2.75) is 53.4 Å². The first-order chi connectivity index (χ1) is 7.41. The number of fused-ring (bicyclic) bond motifs is 1. The Morgan fingerprint density at radius 3 is 2.62 bits per heavy atom. The summed E-state index contributed by atoms with van der Waals surface area (Å²) in [7, 11) is 0. The predicted molar refractivity (Wildman–Crippen MR) is 65.0 cm³/mol. The van der Waals surface area contributed by atoms with Crippen LogP contribution in [0.2, 0.25) is 0 Å². The van der Waals surface area contributed by atoms with Crippen LogP contribution in [0, 0.1) is 22.7 Å². The molecule has 1 spiro atoms. The molecule has 3 rings (SSSR count). The highest BCUT2D eigenvalue weighted by Crippen LogP contribution is 2.71. The van der Waals surface area contributed by atoms with Gasteiger partial charge in [0.2, 0.25) is 0 Å². The van der Waals surface area contributed by atoms with Gasteiger partial charge in [-0.15, -0.1) is 0 Å². The van der Waals surface area contributed by atoms with Crippen molar-refractivity contribution in [3.63, 3.8) is 0 Å². The molecule has 3 aliphatic carbocycles. The number of Topliss-reactive ketones (excluding diaryl/α,β-unsaturated/α-hetero) is 1. The van der Waals surface area contributed by atoms with Crippen LogP contribution in [0.25, 0.3) is 0 Å². The van der Waals surface area contributed by atoms with Crippen molar-refractivity contribution < 1.29 is 4.79 Å². The number of hydrogen-bond donors (Lipinski definition) is 0. The highest BCUT2D eigenvalue weighted by Gasteiger charge is 2.65. The molecule has 88 valence electrons. The van der Waals surface area contributed by atoms with E-state index in [1.807, 2.05) is 0 Å². The third-order valence-corrected chi connectivity index (χ3v) is 6.26. The molecule has 2 saturated carbocycles. The molecule has 0 N–H and O–H groups in total. The quantitative estimate of drug-likeness (QED) is 0.605. The number of ketones is 1. The van der Waals surface area contributed by atoms with Gasteiger partial charge in [-0.1, -0.05) is 26.3 Å². The van der Waals surface area contributed by atoms with E-state index in [0.29, 0.717) is 17.1 Å². The van der Waals surface area contributed by atoms with Crippen molar-refractivity contribution in [1.29, 1.82) is 0 Å². The summed E-state index contributed by atoms with van der Waals surface area (Å²) in [4.78, 5) is 12.1. The maximum absolute atomic E-state index is 12.1. The summed E-state index contributed by atoms with van der Waals surface area (Å²) in [6, 6.07) is 0. The van der Waals surface area contributed by atoms with Crippen molar-refractivity contribution in [2.24, 2.45) is 22.7 Å². The monoisotopic (exact) mass is 218 g/mol. The van der Waals surface area contributed by atoms with Gasteiger partial charge >= 0.3 is 0 Å². The van der Waals surface area contributed by atoms with E-state index in [0.717, 1.165) is 17.9 Å². The number of carbonyl (C=O) groups is 1. The molecule has 3 atom stereocenters. The summed E-state index contributed by atoms with van der Waals surface area (Å²) < 4.78 is 0. The smallest absolute Gasteiger partial charge is 0.159 e. The van der Waals surface area contributed by atoms with Crippen LogP contribution in [-0.2, 0) is 4.79 Å². The predicted octanol–water partition coefficient (Wildman–Crippen LogP) is 3.74. The van der Waals surface area contributed by atoms with Crippen molar-refractivity contribution in [2.75, 3.05) is 0 Å². The zero-order chi connectivity index (χ0) is 11.7. The van der Waals surface area contributed by atoms with Crippen LogP contribution >= 0.6 is 0 Å². The van der Waals surface area contributed by atoms with Crippen LogP contribution < -0.4 is 0 Å². The van der Waals surface area contributed by atoms with E-state index < -0.39 is 0 Å². The molecule has 0 aromatic carbocycles. The third kappa shape index (κ3) is 0.881. The Morgan fingerprint density at radius 2 is 1.94 bits per heavy atom. The second-order valence-corrected chi connectivity index (χ2v) is 6.78. The van der Waals surface area contributed by atoms with Crippen molar-refractivity contribution in [1.82, 2.24) is 0 Å². The summed E-state index contributed by atoms with van der Waals surface area (Å²) in [5.74, 6) is 1.94. The lowest BCUT2D eigenvalue weighted by Gasteiger charge is -2.51. The molecule has 3 aliphatic rings. The van der Waals surface area contributed by atoms with Crippen molar-refractivity contribution in [3.05, 3.63) is 11.1 Å². The molecule has 2 fully saturated rings. The molecule has 0 saturated heterocycles. The zero-order valence-electron chi connectivity index (χ0n) is 10.9. The fraction of sp³-hybridized carbons (Fsp3) is 0.800. The van der Waals surface area contributed by atoms with Crippen LogP contribution in [0.4, 0.5) is 0 Å². The van der Waals surface area contributed by atoms with E-state index in [-0.39, 0.29) is 5.41 Å². The molecule has 0 aromatic rings. The maximum atomic E-state index is 12.1. The highest BCUT2D eigenvalue weighted by atomic mass is 16.1. The topological polar surface area (TPSA) is 17.1 Å². The van der Waals surface area contributed by atoms with Gasteiger partial charge in [0.15, 0.2) is 5.78 Å². The first kappa shape index (κ1) is 10.6. The number of rotatable bonds is 0.